The van der Waals surface area contributed by atoms with Crippen LogP contribution < -0.4 is 0 Å². The molecule has 0 saturated carbocycles. The van der Waals surface area contributed by atoms with E-state index in [2.05, 4.69) is 50.0 Å². The van der Waals surface area contributed by atoms with Gasteiger partial charge in [0.1, 0.15) is 11.2 Å². The average molecular weight is 603 g/mol. The van der Waals surface area contributed by atoms with Crippen molar-refractivity contribution in [3.8, 4) is 6.19 Å². The summed E-state index contributed by atoms with van der Waals surface area (Å²) in [5.41, 5.74) is 2.53. The minimum atomic E-state index is -0.513. The lowest BCUT2D eigenvalue weighted by Crippen LogP contribution is -2.40. The van der Waals surface area contributed by atoms with Crippen LogP contribution in [0.25, 0.3) is 0 Å². The molecule has 6 rings (SSSR count). The molecule has 0 aliphatic carbocycles. The van der Waals surface area contributed by atoms with Gasteiger partial charge in [-0.05, 0) is 31.3 Å². The first-order valence-electron chi connectivity index (χ1n) is 11.7. The predicted octanol–water partition coefficient (Wildman–Crippen LogP) is 4.93. The van der Waals surface area contributed by atoms with E-state index < -0.39 is 5.60 Å². The van der Waals surface area contributed by atoms with Crippen LogP contribution in [0.5, 0.6) is 0 Å². The number of ether oxygens (including phenoxy) is 2. The molecule has 7 nitrogen and oxygen atoms in total. The number of fused-ring (bicyclic) bond motifs is 4. The fourth-order valence-electron chi connectivity index (χ4n) is 5.43. The minimum Gasteiger partial charge on any atom is -0.450 e. The molecule has 0 aromatic heterocycles. The first kappa shape index (κ1) is 24.3. The molecule has 35 heavy (non-hydrogen) atoms. The highest BCUT2D eigenvalue weighted by atomic mass is 79.9. The third kappa shape index (κ3) is 4.37. The number of nitrogens with zero attached hydrogens (tertiary/aromatic N) is 3. The van der Waals surface area contributed by atoms with Gasteiger partial charge in [0.25, 0.3) is 0 Å². The van der Waals surface area contributed by atoms with Crippen LogP contribution in [0.1, 0.15) is 57.5 Å². The first-order chi connectivity index (χ1) is 16.7. The molecule has 0 bridgehead atoms. The molecule has 2 aromatic carbocycles. The molecule has 9 heteroatoms. The minimum absolute atomic E-state index is 0.175. The summed E-state index contributed by atoms with van der Waals surface area (Å²) in [6, 6.07) is 11.6. The monoisotopic (exact) mass is 601 g/mol. The van der Waals surface area contributed by atoms with E-state index in [4.69, 9.17) is 14.7 Å². The third-order valence-electron chi connectivity index (χ3n) is 7.47. The normalized spacial score (nSPS) is 21.5. The summed E-state index contributed by atoms with van der Waals surface area (Å²) < 4.78 is 13.1. The van der Waals surface area contributed by atoms with Crippen LogP contribution in [0.2, 0.25) is 0 Å². The van der Waals surface area contributed by atoms with Crippen LogP contribution in [0.3, 0.4) is 0 Å². The zero-order chi connectivity index (χ0) is 24.8. The van der Waals surface area contributed by atoms with Gasteiger partial charge in [-0.3, -0.25) is 0 Å². The lowest BCUT2D eigenvalue weighted by atomic mass is 9.84. The standard InChI is InChI=1S/C13H11BrN2O2.C13H14BrNO2/c14-9-1-2-11-10(7-9)12(17)18-13(11)3-5-16(8-15)6-4-13;1-15-6-4-13(5-7-15)11-3-2-9(14)8-10(11)12(16)17-13/h1-2,7H,3-6H2;2-3,8H,4-7H2,1H3. The van der Waals surface area contributed by atoms with Crippen molar-refractivity contribution in [2.24, 2.45) is 0 Å². The molecular formula is C26H25Br2N3O4. The van der Waals surface area contributed by atoms with Gasteiger partial charge in [-0.1, -0.05) is 44.0 Å². The second-order valence-corrected chi connectivity index (χ2v) is 11.4. The molecule has 2 spiro atoms. The highest BCUT2D eigenvalue weighted by Gasteiger charge is 2.48. The number of likely N-dealkylation sites (tertiary alicyclic amines) is 2. The highest BCUT2D eigenvalue weighted by Crippen LogP contribution is 2.45. The summed E-state index contributed by atoms with van der Waals surface area (Å²) in [6.45, 7) is 3.23. The number of rotatable bonds is 0. The van der Waals surface area contributed by atoms with E-state index in [1.165, 1.54) is 0 Å². The lowest BCUT2D eigenvalue weighted by Gasteiger charge is -2.36. The van der Waals surface area contributed by atoms with E-state index in [-0.39, 0.29) is 17.5 Å². The van der Waals surface area contributed by atoms with Gasteiger partial charge in [0, 0.05) is 71.9 Å². The SMILES string of the molecule is CN1CCC2(CC1)OC(=O)c1cc(Br)ccc12.N#CN1CCC2(CC1)OC(=O)c1cc(Br)ccc12. The molecule has 0 atom stereocenters. The molecule has 4 heterocycles. The van der Waals surface area contributed by atoms with E-state index in [0.29, 0.717) is 31.5 Å². The van der Waals surface area contributed by atoms with Crippen LogP contribution in [-0.4, -0.2) is 55.0 Å². The largest absolute Gasteiger partial charge is 0.450 e. The van der Waals surface area contributed by atoms with Crippen LogP contribution in [-0.2, 0) is 20.7 Å². The molecule has 2 aromatic rings. The van der Waals surface area contributed by atoms with Gasteiger partial charge in [0.05, 0.1) is 11.1 Å². The van der Waals surface area contributed by atoms with Gasteiger partial charge < -0.3 is 19.3 Å². The van der Waals surface area contributed by atoms with E-state index in [1.54, 1.807) is 4.90 Å². The number of carbonyl (C=O) groups excluding carboxylic acids is 2. The van der Waals surface area contributed by atoms with Crippen LogP contribution in [0.15, 0.2) is 45.3 Å². The van der Waals surface area contributed by atoms with E-state index in [1.807, 2.05) is 36.4 Å². The molecule has 2 fully saturated rings. The molecule has 4 aliphatic heterocycles. The van der Waals surface area contributed by atoms with Crippen molar-refractivity contribution in [1.82, 2.24) is 9.80 Å². The van der Waals surface area contributed by atoms with Gasteiger partial charge >= 0.3 is 11.9 Å². The van der Waals surface area contributed by atoms with E-state index >= 15 is 0 Å². The fourth-order valence-corrected chi connectivity index (χ4v) is 6.15. The number of piperidine rings is 2. The van der Waals surface area contributed by atoms with Crippen molar-refractivity contribution in [1.29, 1.82) is 5.26 Å². The number of nitriles is 1. The average Bonchev–Trinajstić information content (AvgIpc) is 3.27. The van der Waals surface area contributed by atoms with Gasteiger partial charge in [0.2, 0.25) is 0 Å². The molecule has 0 unspecified atom stereocenters. The highest BCUT2D eigenvalue weighted by molar-refractivity contribution is 9.10. The number of carbonyl (C=O) groups is 2. The molecule has 0 N–H and O–H groups in total. The van der Waals surface area contributed by atoms with Crippen LogP contribution >= 0.6 is 31.9 Å². The summed E-state index contributed by atoms with van der Waals surface area (Å²) in [6.07, 6.45) is 5.29. The van der Waals surface area contributed by atoms with Crippen LogP contribution in [0.4, 0.5) is 0 Å². The molecule has 4 aliphatic rings. The molecule has 2 saturated heterocycles. The summed E-state index contributed by atoms with van der Waals surface area (Å²) in [5.74, 6) is -0.428. The van der Waals surface area contributed by atoms with E-state index in [0.717, 1.165) is 51.6 Å². The Morgan fingerprint density at radius 3 is 1.66 bits per heavy atom. The smallest absolute Gasteiger partial charge is 0.339 e. The Bertz CT molecular complexity index is 1230. The summed E-state index contributed by atoms with van der Waals surface area (Å²) in [5, 5.41) is 8.87. The second-order valence-electron chi connectivity index (χ2n) is 9.54. The zero-order valence-electron chi connectivity index (χ0n) is 19.4. The van der Waals surface area contributed by atoms with Crippen molar-refractivity contribution >= 4 is 43.8 Å². The summed E-state index contributed by atoms with van der Waals surface area (Å²) >= 11 is 6.76. The van der Waals surface area contributed by atoms with Gasteiger partial charge in [-0.2, -0.15) is 5.26 Å². The van der Waals surface area contributed by atoms with Gasteiger partial charge in [0.15, 0.2) is 6.19 Å². The topological polar surface area (TPSA) is 82.9 Å². The number of esters is 2. The second kappa shape index (κ2) is 9.23. The molecular weight excluding hydrogens is 578 g/mol. The third-order valence-corrected chi connectivity index (χ3v) is 8.45. The Morgan fingerprint density at radius 1 is 0.800 bits per heavy atom. The maximum atomic E-state index is 11.9. The van der Waals surface area contributed by atoms with Crippen LogP contribution in [0, 0.1) is 11.5 Å². The van der Waals surface area contributed by atoms with Crippen molar-refractivity contribution in [3.63, 3.8) is 0 Å². The predicted molar refractivity (Wildman–Crippen MR) is 136 cm³/mol. The Kier molecular flexibility index (Phi) is 6.41. The maximum absolute atomic E-state index is 11.9. The Balaban J connectivity index is 0.000000145. The Labute approximate surface area is 221 Å². The fraction of sp³-hybridized carbons (Fsp3) is 0.423. The summed E-state index contributed by atoms with van der Waals surface area (Å²) in [7, 11) is 2.10. The molecule has 0 radical (unpaired) electrons. The van der Waals surface area contributed by atoms with Gasteiger partial charge in [-0.25, -0.2) is 9.59 Å². The Morgan fingerprint density at radius 2 is 1.23 bits per heavy atom. The summed E-state index contributed by atoms with van der Waals surface area (Å²) in [4.78, 5) is 27.8. The first-order valence-corrected chi connectivity index (χ1v) is 13.2. The number of benzene rings is 2. The van der Waals surface area contributed by atoms with Crippen molar-refractivity contribution in [3.05, 3.63) is 67.6 Å². The quantitative estimate of drug-likeness (QED) is 0.312. The Hall–Kier alpha value is -2.41. The van der Waals surface area contributed by atoms with Crippen molar-refractivity contribution in [2.45, 2.75) is 36.9 Å². The lowest BCUT2D eigenvalue weighted by molar-refractivity contribution is -0.0395. The zero-order valence-corrected chi connectivity index (χ0v) is 22.5. The molecule has 0 amide bonds. The van der Waals surface area contributed by atoms with E-state index in [9.17, 15) is 9.59 Å². The number of hydrogen-bond donors (Lipinski definition) is 0. The number of halogens is 2. The van der Waals surface area contributed by atoms with Gasteiger partial charge in [-0.15, -0.1) is 0 Å². The van der Waals surface area contributed by atoms with Crippen molar-refractivity contribution in [2.75, 3.05) is 33.2 Å². The molecule has 182 valence electrons. The number of hydrogen-bond acceptors (Lipinski definition) is 7. The maximum Gasteiger partial charge on any atom is 0.339 e. The van der Waals surface area contributed by atoms with Crippen molar-refractivity contribution < 1.29 is 19.1 Å².